The van der Waals surface area contributed by atoms with E-state index < -0.39 is 24.0 Å². The summed E-state index contributed by atoms with van der Waals surface area (Å²) in [4.78, 5) is 15.6. The van der Waals surface area contributed by atoms with Crippen LogP contribution in [0.5, 0.6) is 17.2 Å². The predicted molar refractivity (Wildman–Crippen MR) is 99.4 cm³/mol. The van der Waals surface area contributed by atoms with Crippen molar-refractivity contribution in [2.24, 2.45) is 0 Å². The standard InChI is InChI=1S/C20H15F4N3O3/c21-17-9-8-14(18(25)27-17)19(28)26-11-12-4-3-5-13(10-12)29-15-6-1-2-7-16(15)30-20(22,23)24/h1-10H,11H2,(H2,25,27)(H,26,28). The fourth-order valence-corrected chi connectivity index (χ4v) is 2.51. The lowest BCUT2D eigenvalue weighted by Gasteiger charge is -2.14. The van der Waals surface area contributed by atoms with Crippen molar-refractivity contribution in [3.63, 3.8) is 0 Å². The molecule has 3 aromatic rings. The second kappa shape index (κ2) is 8.68. The molecular formula is C20H15F4N3O3. The minimum atomic E-state index is -4.86. The average molecular weight is 421 g/mol. The Morgan fingerprint density at radius 2 is 1.77 bits per heavy atom. The molecule has 3 rings (SSSR count). The summed E-state index contributed by atoms with van der Waals surface area (Å²) in [5.74, 6) is -1.98. The van der Waals surface area contributed by atoms with Crippen LogP contribution in [-0.2, 0) is 6.54 Å². The molecule has 0 spiro atoms. The number of carbonyl (C=O) groups is 1. The highest BCUT2D eigenvalue weighted by molar-refractivity contribution is 5.98. The van der Waals surface area contributed by atoms with Gasteiger partial charge in [-0.1, -0.05) is 24.3 Å². The van der Waals surface area contributed by atoms with Crippen molar-refractivity contribution in [1.29, 1.82) is 0 Å². The Bertz CT molecular complexity index is 1060. The van der Waals surface area contributed by atoms with E-state index in [4.69, 9.17) is 10.5 Å². The first-order valence-electron chi connectivity index (χ1n) is 8.53. The molecule has 3 N–H and O–H groups in total. The van der Waals surface area contributed by atoms with Crippen molar-refractivity contribution in [2.75, 3.05) is 5.73 Å². The van der Waals surface area contributed by atoms with Gasteiger partial charge in [0, 0.05) is 6.54 Å². The number of rotatable bonds is 6. The number of ether oxygens (including phenoxy) is 2. The zero-order valence-corrected chi connectivity index (χ0v) is 15.2. The van der Waals surface area contributed by atoms with E-state index in [1.54, 1.807) is 12.1 Å². The normalized spacial score (nSPS) is 11.1. The number of alkyl halides is 3. The molecule has 30 heavy (non-hydrogen) atoms. The lowest BCUT2D eigenvalue weighted by atomic mass is 10.2. The molecule has 0 bridgehead atoms. The van der Waals surface area contributed by atoms with Gasteiger partial charge in [-0.25, -0.2) is 4.98 Å². The number of nitrogens with zero attached hydrogens (tertiary/aromatic N) is 1. The van der Waals surface area contributed by atoms with Gasteiger partial charge in [-0.2, -0.15) is 4.39 Å². The molecule has 0 aliphatic heterocycles. The Labute approximate surface area is 168 Å². The molecule has 1 aromatic heterocycles. The van der Waals surface area contributed by atoms with E-state index in [-0.39, 0.29) is 29.4 Å². The van der Waals surface area contributed by atoms with Crippen LogP contribution in [0.3, 0.4) is 0 Å². The maximum Gasteiger partial charge on any atom is 0.573 e. The number of pyridine rings is 1. The lowest BCUT2D eigenvalue weighted by molar-refractivity contribution is -0.275. The minimum absolute atomic E-state index is 0.0158. The Morgan fingerprint density at radius 3 is 2.47 bits per heavy atom. The topological polar surface area (TPSA) is 86.5 Å². The zero-order chi connectivity index (χ0) is 21.7. The summed E-state index contributed by atoms with van der Waals surface area (Å²) in [6.07, 6.45) is -4.86. The highest BCUT2D eigenvalue weighted by atomic mass is 19.4. The number of para-hydroxylation sites is 2. The number of hydrogen-bond acceptors (Lipinski definition) is 5. The van der Waals surface area contributed by atoms with E-state index in [1.807, 2.05) is 0 Å². The summed E-state index contributed by atoms with van der Waals surface area (Å²) >= 11 is 0. The summed E-state index contributed by atoms with van der Waals surface area (Å²) in [6.45, 7) is 0.0630. The van der Waals surface area contributed by atoms with Gasteiger partial charge in [-0.15, -0.1) is 13.2 Å². The molecule has 1 heterocycles. The first-order valence-corrected chi connectivity index (χ1v) is 8.53. The first kappa shape index (κ1) is 20.9. The highest BCUT2D eigenvalue weighted by Gasteiger charge is 2.32. The van der Waals surface area contributed by atoms with Crippen molar-refractivity contribution in [3.8, 4) is 17.2 Å². The number of halogens is 4. The number of amides is 1. The van der Waals surface area contributed by atoms with E-state index in [1.165, 1.54) is 36.4 Å². The number of anilines is 1. The largest absolute Gasteiger partial charge is 0.573 e. The second-order valence-electron chi connectivity index (χ2n) is 5.99. The summed E-state index contributed by atoms with van der Waals surface area (Å²) in [6, 6.07) is 13.9. The smallest absolute Gasteiger partial charge is 0.453 e. The fraction of sp³-hybridized carbons (Fsp3) is 0.100. The number of hydrogen-bond donors (Lipinski definition) is 2. The molecule has 0 aliphatic rings. The third kappa shape index (κ3) is 5.60. The fourth-order valence-electron chi connectivity index (χ4n) is 2.51. The summed E-state index contributed by atoms with van der Waals surface area (Å²) in [7, 11) is 0. The lowest BCUT2D eigenvalue weighted by Crippen LogP contribution is -2.24. The molecule has 1 amide bonds. The van der Waals surface area contributed by atoms with Gasteiger partial charge in [-0.3, -0.25) is 4.79 Å². The molecule has 0 fully saturated rings. The van der Waals surface area contributed by atoms with E-state index >= 15 is 0 Å². The van der Waals surface area contributed by atoms with Gasteiger partial charge in [0.05, 0.1) is 5.56 Å². The van der Waals surface area contributed by atoms with E-state index in [0.717, 1.165) is 12.1 Å². The SMILES string of the molecule is Nc1nc(F)ccc1C(=O)NCc1cccc(Oc2ccccc2OC(F)(F)F)c1. The predicted octanol–water partition coefficient (Wildman–Crippen LogP) is 4.42. The molecule has 0 atom stereocenters. The Hall–Kier alpha value is -3.82. The van der Waals surface area contributed by atoms with Gasteiger partial charge in [0.25, 0.3) is 5.91 Å². The zero-order valence-electron chi connectivity index (χ0n) is 15.2. The van der Waals surface area contributed by atoms with Gasteiger partial charge in [0.2, 0.25) is 5.95 Å². The summed E-state index contributed by atoms with van der Waals surface area (Å²) < 4.78 is 60.1. The van der Waals surface area contributed by atoms with Crippen LogP contribution in [0.25, 0.3) is 0 Å². The summed E-state index contributed by atoms with van der Waals surface area (Å²) in [5, 5.41) is 2.60. The molecule has 10 heteroatoms. The van der Waals surface area contributed by atoms with Crippen LogP contribution in [0.4, 0.5) is 23.4 Å². The van der Waals surface area contributed by atoms with E-state index in [9.17, 15) is 22.4 Å². The van der Waals surface area contributed by atoms with Crippen molar-refractivity contribution in [1.82, 2.24) is 10.3 Å². The molecule has 2 aromatic carbocycles. The molecule has 0 unspecified atom stereocenters. The maximum atomic E-state index is 13.0. The second-order valence-corrected chi connectivity index (χ2v) is 5.99. The minimum Gasteiger partial charge on any atom is -0.453 e. The Kier molecular flexibility index (Phi) is 6.05. The van der Waals surface area contributed by atoms with Crippen molar-refractivity contribution < 1.29 is 31.8 Å². The van der Waals surface area contributed by atoms with Crippen LogP contribution >= 0.6 is 0 Å². The number of nitrogen functional groups attached to an aromatic ring is 1. The van der Waals surface area contributed by atoms with Crippen LogP contribution < -0.4 is 20.5 Å². The van der Waals surface area contributed by atoms with Crippen molar-refractivity contribution >= 4 is 11.7 Å². The molecule has 0 aliphatic carbocycles. The van der Waals surface area contributed by atoms with Gasteiger partial charge in [-0.05, 0) is 42.0 Å². The highest BCUT2D eigenvalue weighted by Crippen LogP contribution is 2.35. The van der Waals surface area contributed by atoms with Gasteiger partial charge in [0.1, 0.15) is 11.6 Å². The van der Waals surface area contributed by atoms with Crippen LogP contribution in [0.2, 0.25) is 0 Å². The molecular weight excluding hydrogens is 406 g/mol. The number of nitrogens with one attached hydrogen (secondary N) is 1. The van der Waals surface area contributed by atoms with Crippen molar-refractivity contribution in [3.05, 3.63) is 77.7 Å². The summed E-state index contributed by atoms with van der Waals surface area (Å²) in [5.41, 5.74) is 6.15. The van der Waals surface area contributed by atoms with Crippen LogP contribution in [-0.4, -0.2) is 17.3 Å². The number of benzene rings is 2. The number of carbonyl (C=O) groups excluding carboxylic acids is 1. The Morgan fingerprint density at radius 1 is 1.03 bits per heavy atom. The molecule has 0 saturated carbocycles. The van der Waals surface area contributed by atoms with E-state index in [0.29, 0.717) is 5.56 Å². The molecule has 0 radical (unpaired) electrons. The average Bonchev–Trinajstić information content (AvgIpc) is 2.67. The molecule has 0 saturated heterocycles. The first-order chi connectivity index (χ1) is 14.2. The third-order valence-electron chi connectivity index (χ3n) is 3.79. The third-order valence-corrected chi connectivity index (χ3v) is 3.79. The molecule has 6 nitrogen and oxygen atoms in total. The van der Waals surface area contributed by atoms with Gasteiger partial charge >= 0.3 is 6.36 Å². The number of nitrogens with two attached hydrogens (primary N) is 1. The van der Waals surface area contributed by atoms with Crippen molar-refractivity contribution in [2.45, 2.75) is 12.9 Å². The number of aromatic nitrogens is 1. The quantitative estimate of drug-likeness (QED) is 0.455. The van der Waals surface area contributed by atoms with E-state index in [2.05, 4.69) is 15.0 Å². The Balaban J connectivity index is 1.69. The molecule has 156 valence electrons. The van der Waals surface area contributed by atoms with Crippen LogP contribution in [0.1, 0.15) is 15.9 Å². The van der Waals surface area contributed by atoms with Crippen LogP contribution in [0, 0.1) is 5.95 Å². The van der Waals surface area contributed by atoms with Crippen LogP contribution in [0.15, 0.2) is 60.7 Å². The van der Waals surface area contributed by atoms with Gasteiger partial charge in [0.15, 0.2) is 11.5 Å². The maximum absolute atomic E-state index is 13.0. The van der Waals surface area contributed by atoms with Gasteiger partial charge < -0.3 is 20.5 Å². The monoisotopic (exact) mass is 421 g/mol.